The Balaban J connectivity index is 1.23. The van der Waals surface area contributed by atoms with Crippen LogP contribution in [0.2, 0.25) is 0 Å². The van der Waals surface area contributed by atoms with Crippen LogP contribution in [0.5, 0.6) is 0 Å². The summed E-state index contributed by atoms with van der Waals surface area (Å²) in [5, 5.41) is 0. The van der Waals surface area contributed by atoms with E-state index in [-0.39, 0.29) is 0 Å². The van der Waals surface area contributed by atoms with Crippen molar-refractivity contribution in [1.29, 1.82) is 0 Å². The fourth-order valence-corrected chi connectivity index (χ4v) is 10.7. The molecular formula is C28H40. The van der Waals surface area contributed by atoms with Gasteiger partial charge in [0, 0.05) is 0 Å². The van der Waals surface area contributed by atoms with E-state index in [1.54, 1.807) is 70.6 Å². The van der Waals surface area contributed by atoms with Crippen molar-refractivity contribution >= 4 is 0 Å². The van der Waals surface area contributed by atoms with Gasteiger partial charge in [-0.2, -0.15) is 0 Å². The van der Waals surface area contributed by atoms with Crippen LogP contribution in [0, 0.1) is 52.3 Å². The van der Waals surface area contributed by atoms with Crippen molar-refractivity contribution in [1.82, 2.24) is 0 Å². The molecule has 0 aromatic heterocycles. The molecule has 0 aromatic rings. The Morgan fingerprint density at radius 3 is 2.00 bits per heavy atom. The van der Waals surface area contributed by atoms with Crippen molar-refractivity contribution in [2.75, 3.05) is 0 Å². The number of allylic oxidation sites excluding steroid dienone is 4. The molecule has 8 aliphatic rings. The van der Waals surface area contributed by atoms with E-state index in [1.807, 2.05) is 16.7 Å². The molecule has 28 heavy (non-hydrogen) atoms. The minimum absolute atomic E-state index is 0.650. The number of rotatable bonds is 3. The van der Waals surface area contributed by atoms with Crippen LogP contribution in [-0.2, 0) is 0 Å². The predicted octanol–water partition coefficient (Wildman–Crippen LogP) is 7.70. The van der Waals surface area contributed by atoms with E-state index in [4.69, 9.17) is 0 Å². The first kappa shape index (κ1) is 17.2. The average molecular weight is 377 g/mol. The zero-order chi connectivity index (χ0) is 18.7. The summed E-state index contributed by atoms with van der Waals surface area (Å²) in [6.07, 6.45) is 23.1. The van der Waals surface area contributed by atoms with E-state index < -0.39 is 0 Å². The van der Waals surface area contributed by atoms with E-state index in [2.05, 4.69) is 19.9 Å². The Bertz CT molecular complexity index is 718. The quantitative estimate of drug-likeness (QED) is 0.473. The van der Waals surface area contributed by atoms with E-state index in [9.17, 15) is 0 Å². The smallest absolute Gasteiger partial charge is 0.00737 e. The molecule has 8 aliphatic carbocycles. The average Bonchev–Trinajstić information content (AvgIpc) is 3.40. The van der Waals surface area contributed by atoms with E-state index in [0.29, 0.717) is 5.41 Å². The highest BCUT2D eigenvalue weighted by Crippen LogP contribution is 2.69. The summed E-state index contributed by atoms with van der Waals surface area (Å²) < 4.78 is 0. The van der Waals surface area contributed by atoms with Gasteiger partial charge in [0.2, 0.25) is 0 Å². The van der Waals surface area contributed by atoms with Gasteiger partial charge in [-0.15, -0.1) is 0 Å². The van der Waals surface area contributed by atoms with E-state index in [1.165, 1.54) is 12.8 Å². The van der Waals surface area contributed by atoms with Gasteiger partial charge in [-0.1, -0.05) is 31.1 Å². The first-order valence-electron chi connectivity index (χ1n) is 13.0. The van der Waals surface area contributed by atoms with Crippen molar-refractivity contribution in [3.05, 3.63) is 22.8 Å². The minimum Gasteiger partial charge on any atom is -0.0622 e. The van der Waals surface area contributed by atoms with E-state index in [0.717, 1.165) is 46.8 Å². The highest BCUT2D eigenvalue weighted by atomic mass is 14.6. The molecule has 152 valence electrons. The molecule has 6 fully saturated rings. The van der Waals surface area contributed by atoms with Crippen LogP contribution in [0.15, 0.2) is 22.8 Å². The zero-order valence-electron chi connectivity index (χ0n) is 18.3. The van der Waals surface area contributed by atoms with Crippen LogP contribution in [0.1, 0.15) is 97.3 Å². The standard InChI is InChI=1S/C28H40/c1-17(2)23-12-26(27-5-3-18(13-27)4-6-27)25-11-22(10-24(23)25)28-14-19-7-20(15-28)9-21(8-19)16-28/h10,17-21,23,26H,3-9,11-16H2,1-2H3. The maximum Gasteiger partial charge on any atom is -0.00737 e. The van der Waals surface area contributed by atoms with E-state index >= 15 is 0 Å². The Morgan fingerprint density at radius 1 is 0.821 bits per heavy atom. The fraction of sp³-hybridized carbons (Fsp3) is 0.857. The van der Waals surface area contributed by atoms with Crippen LogP contribution in [0.4, 0.5) is 0 Å². The van der Waals surface area contributed by atoms with Crippen molar-refractivity contribution in [3.8, 4) is 0 Å². The molecule has 0 heterocycles. The molecule has 0 heteroatoms. The summed E-state index contributed by atoms with van der Waals surface area (Å²) >= 11 is 0. The molecule has 6 saturated carbocycles. The molecule has 0 spiro atoms. The summed E-state index contributed by atoms with van der Waals surface area (Å²) in [5.74, 6) is 7.02. The van der Waals surface area contributed by atoms with Gasteiger partial charge >= 0.3 is 0 Å². The van der Waals surface area contributed by atoms with Gasteiger partial charge in [-0.25, -0.2) is 0 Å². The Labute approximate surface area is 172 Å². The number of fused-ring (bicyclic) bond motifs is 2. The lowest BCUT2D eigenvalue weighted by Crippen LogP contribution is -2.46. The molecule has 0 nitrogen and oxygen atoms in total. The molecule has 0 amide bonds. The number of hydrogen-bond donors (Lipinski definition) is 0. The first-order chi connectivity index (χ1) is 13.5. The van der Waals surface area contributed by atoms with Crippen LogP contribution in [0.25, 0.3) is 0 Å². The second kappa shape index (κ2) is 5.59. The minimum atomic E-state index is 0.650. The predicted molar refractivity (Wildman–Crippen MR) is 116 cm³/mol. The van der Waals surface area contributed by atoms with Crippen LogP contribution in [-0.4, -0.2) is 0 Å². The van der Waals surface area contributed by atoms with Crippen molar-refractivity contribution in [3.63, 3.8) is 0 Å². The van der Waals surface area contributed by atoms with Crippen molar-refractivity contribution in [2.45, 2.75) is 97.3 Å². The first-order valence-corrected chi connectivity index (χ1v) is 13.0. The molecule has 0 aliphatic heterocycles. The Hall–Kier alpha value is -0.520. The second-order valence-corrected chi connectivity index (χ2v) is 13.2. The third-order valence-electron chi connectivity index (χ3n) is 11.5. The van der Waals surface area contributed by atoms with Gasteiger partial charge in [0.25, 0.3) is 0 Å². The van der Waals surface area contributed by atoms with Crippen molar-refractivity contribution in [2.24, 2.45) is 52.3 Å². The van der Waals surface area contributed by atoms with Gasteiger partial charge in [-0.05, 0) is 141 Å². The maximum atomic E-state index is 2.85. The maximum absolute atomic E-state index is 2.85. The van der Waals surface area contributed by atoms with Gasteiger partial charge in [-0.3, -0.25) is 0 Å². The van der Waals surface area contributed by atoms with Crippen molar-refractivity contribution < 1.29 is 0 Å². The zero-order valence-corrected chi connectivity index (χ0v) is 18.3. The van der Waals surface area contributed by atoms with Gasteiger partial charge in [0.15, 0.2) is 0 Å². The summed E-state index contributed by atoms with van der Waals surface area (Å²) in [4.78, 5) is 0. The van der Waals surface area contributed by atoms with Crippen LogP contribution < -0.4 is 0 Å². The molecule has 0 saturated heterocycles. The van der Waals surface area contributed by atoms with Gasteiger partial charge in [0.1, 0.15) is 0 Å². The lowest BCUT2D eigenvalue weighted by molar-refractivity contribution is -0.0316. The Morgan fingerprint density at radius 2 is 1.46 bits per heavy atom. The third kappa shape index (κ3) is 2.19. The summed E-state index contributed by atoms with van der Waals surface area (Å²) in [6.45, 7) is 5.02. The number of hydrogen-bond acceptors (Lipinski definition) is 0. The molecule has 6 bridgehead atoms. The normalized spacial score (nSPS) is 53.6. The van der Waals surface area contributed by atoms with Crippen LogP contribution >= 0.6 is 0 Å². The van der Waals surface area contributed by atoms with Gasteiger partial charge in [0.05, 0.1) is 0 Å². The molecule has 0 aromatic carbocycles. The lowest BCUT2D eigenvalue weighted by Gasteiger charge is -2.58. The Kier molecular flexibility index (Phi) is 3.43. The second-order valence-electron chi connectivity index (χ2n) is 13.2. The molecular weight excluding hydrogens is 336 g/mol. The highest BCUT2D eigenvalue weighted by molar-refractivity contribution is 5.49. The largest absolute Gasteiger partial charge is 0.0622 e. The fourth-order valence-electron chi connectivity index (χ4n) is 10.7. The molecule has 0 N–H and O–H groups in total. The molecule has 2 unspecified atom stereocenters. The summed E-state index contributed by atoms with van der Waals surface area (Å²) in [6, 6.07) is 0. The van der Waals surface area contributed by atoms with Crippen LogP contribution in [0.3, 0.4) is 0 Å². The van der Waals surface area contributed by atoms with Gasteiger partial charge < -0.3 is 0 Å². The highest BCUT2D eigenvalue weighted by Gasteiger charge is 2.57. The molecule has 8 rings (SSSR count). The summed E-state index contributed by atoms with van der Waals surface area (Å²) in [5.41, 5.74) is 7.22. The topological polar surface area (TPSA) is 0 Å². The summed E-state index contributed by atoms with van der Waals surface area (Å²) in [7, 11) is 0. The monoisotopic (exact) mass is 376 g/mol. The molecule has 2 atom stereocenters. The lowest BCUT2D eigenvalue weighted by atomic mass is 9.47. The third-order valence-corrected chi connectivity index (χ3v) is 11.5. The SMILES string of the molecule is CC(C)C1CC(C23CCC(CC2)C3)C2=C1C=C(C13CC4CC(CC(C4)C1)C3)C2. The molecule has 0 radical (unpaired) electrons.